The van der Waals surface area contributed by atoms with Gasteiger partial charge in [-0.1, -0.05) is 0 Å². The molecule has 1 aliphatic carbocycles. The quantitative estimate of drug-likeness (QED) is 0.841. The summed E-state index contributed by atoms with van der Waals surface area (Å²) in [5.41, 5.74) is 4.02. The summed E-state index contributed by atoms with van der Waals surface area (Å²) in [6.45, 7) is 7.26. The molecule has 1 N–H and O–H groups in total. The fourth-order valence-electron chi connectivity index (χ4n) is 3.13. The number of nitrogens with zero attached hydrogens (tertiary/aromatic N) is 5. The number of carboxylic acid groups (broad SMARTS) is 1. The number of amides is 1. The van der Waals surface area contributed by atoms with Gasteiger partial charge in [-0.25, -0.2) is 14.6 Å². The lowest BCUT2D eigenvalue weighted by Crippen LogP contribution is -2.38. The molecule has 138 valence electrons. The zero-order chi connectivity index (χ0) is 19.0. The van der Waals surface area contributed by atoms with Crippen molar-refractivity contribution in [3.05, 3.63) is 34.4 Å². The molecule has 0 aliphatic heterocycles. The van der Waals surface area contributed by atoms with Crippen LogP contribution in [0.2, 0.25) is 0 Å². The molecule has 0 radical (unpaired) electrons. The first-order valence-electron chi connectivity index (χ1n) is 8.65. The molecule has 1 fully saturated rings. The molecule has 0 unspecified atom stereocenters. The molecule has 1 amide bonds. The van der Waals surface area contributed by atoms with Gasteiger partial charge in [-0.2, -0.15) is 5.10 Å². The summed E-state index contributed by atoms with van der Waals surface area (Å²) in [4.78, 5) is 34.1. The first kappa shape index (κ1) is 18.0. The molecule has 3 rings (SSSR count). The molecule has 8 nitrogen and oxygen atoms in total. The minimum Gasteiger partial charge on any atom is -0.480 e. The van der Waals surface area contributed by atoms with Crippen molar-refractivity contribution >= 4 is 11.9 Å². The van der Waals surface area contributed by atoms with E-state index in [-0.39, 0.29) is 24.9 Å². The standard InChI is InChI=1S/C18H23N5O3/c1-10-7-11(2)20-18(19-10)23-13(4)15(12(3)21-23)8-16(24)22(9-17(25)26)14-5-6-14/h7,14H,5-6,8-9H2,1-4H3,(H,25,26). The number of aromatic nitrogens is 4. The third-order valence-corrected chi connectivity index (χ3v) is 4.54. The molecule has 0 saturated heterocycles. The first-order valence-corrected chi connectivity index (χ1v) is 8.65. The van der Waals surface area contributed by atoms with E-state index >= 15 is 0 Å². The van der Waals surface area contributed by atoms with E-state index in [2.05, 4.69) is 15.1 Å². The Morgan fingerprint density at radius 3 is 2.35 bits per heavy atom. The van der Waals surface area contributed by atoms with E-state index < -0.39 is 5.97 Å². The maximum atomic E-state index is 12.7. The second kappa shape index (κ2) is 6.86. The highest BCUT2D eigenvalue weighted by Crippen LogP contribution is 2.28. The number of hydrogen-bond acceptors (Lipinski definition) is 5. The average molecular weight is 357 g/mol. The van der Waals surface area contributed by atoms with Crippen LogP contribution in [0.25, 0.3) is 5.95 Å². The zero-order valence-electron chi connectivity index (χ0n) is 15.5. The lowest BCUT2D eigenvalue weighted by atomic mass is 10.1. The predicted molar refractivity (Wildman–Crippen MR) is 94.2 cm³/mol. The molecule has 0 atom stereocenters. The molecule has 8 heteroatoms. The van der Waals surface area contributed by atoms with Gasteiger partial charge in [-0.05, 0) is 46.6 Å². The average Bonchev–Trinajstić information content (AvgIpc) is 3.34. The third kappa shape index (κ3) is 3.74. The minimum atomic E-state index is -0.988. The second-order valence-corrected chi connectivity index (χ2v) is 6.84. The van der Waals surface area contributed by atoms with E-state index in [1.165, 1.54) is 4.90 Å². The number of carbonyl (C=O) groups is 2. The maximum absolute atomic E-state index is 12.7. The number of carbonyl (C=O) groups excluding carboxylic acids is 1. The van der Waals surface area contributed by atoms with Crippen LogP contribution in [0.1, 0.15) is 41.2 Å². The molecule has 0 aromatic carbocycles. The van der Waals surface area contributed by atoms with Crippen LogP contribution in [0.5, 0.6) is 0 Å². The van der Waals surface area contributed by atoms with Gasteiger partial charge in [0.05, 0.1) is 12.1 Å². The minimum absolute atomic E-state index is 0.0528. The summed E-state index contributed by atoms with van der Waals surface area (Å²) < 4.78 is 1.65. The Morgan fingerprint density at radius 2 is 1.81 bits per heavy atom. The van der Waals surface area contributed by atoms with Gasteiger partial charge in [0.15, 0.2) is 0 Å². The Hall–Kier alpha value is -2.77. The molecule has 1 saturated carbocycles. The van der Waals surface area contributed by atoms with Crippen LogP contribution in [-0.2, 0) is 16.0 Å². The number of hydrogen-bond donors (Lipinski definition) is 1. The molecular weight excluding hydrogens is 334 g/mol. The van der Waals surface area contributed by atoms with Crippen LogP contribution in [-0.4, -0.2) is 54.2 Å². The topological polar surface area (TPSA) is 101 Å². The normalized spacial score (nSPS) is 13.7. The van der Waals surface area contributed by atoms with Crippen molar-refractivity contribution in [3.63, 3.8) is 0 Å². The van der Waals surface area contributed by atoms with Crippen molar-refractivity contribution in [2.24, 2.45) is 0 Å². The van der Waals surface area contributed by atoms with Gasteiger partial charge < -0.3 is 10.0 Å². The molecule has 1 aliphatic rings. The SMILES string of the molecule is Cc1cc(C)nc(-n2nc(C)c(CC(=O)N(CC(=O)O)C3CC3)c2C)n1. The number of aryl methyl sites for hydroxylation is 3. The number of carboxylic acids is 1. The smallest absolute Gasteiger partial charge is 0.323 e. The lowest BCUT2D eigenvalue weighted by molar-refractivity contribution is -0.144. The van der Waals surface area contributed by atoms with Crippen LogP contribution in [0, 0.1) is 27.7 Å². The van der Waals surface area contributed by atoms with E-state index in [1.807, 2.05) is 33.8 Å². The molecule has 0 spiro atoms. The van der Waals surface area contributed by atoms with Crippen molar-refractivity contribution < 1.29 is 14.7 Å². The summed E-state index contributed by atoms with van der Waals surface area (Å²) in [5.74, 6) is -0.689. The van der Waals surface area contributed by atoms with Crippen LogP contribution in [0.4, 0.5) is 0 Å². The number of rotatable bonds is 6. The van der Waals surface area contributed by atoms with E-state index in [4.69, 9.17) is 5.11 Å². The molecule has 2 aromatic heterocycles. The van der Waals surface area contributed by atoms with Gasteiger partial charge in [0.25, 0.3) is 5.95 Å². The largest absolute Gasteiger partial charge is 0.480 e. The highest BCUT2D eigenvalue weighted by Gasteiger charge is 2.34. The number of aliphatic carboxylic acids is 1. The highest BCUT2D eigenvalue weighted by atomic mass is 16.4. The summed E-state index contributed by atoms with van der Waals surface area (Å²) in [6, 6.07) is 1.94. The van der Waals surface area contributed by atoms with Gasteiger partial charge in [0.1, 0.15) is 6.54 Å². The van der Waals surface area contributed by atoms with Crippen LogP contribution in [0.15, 0.2) is 6.07 Å². The fraction of sp³-hybridized carbons (Fsp3) is 0.500. The zero-order valence-corrected chi connectivity index (χ0v) is 15.5. The molecule has 2 aromatic rings. The summed E-state index contributed by atoms with van der Waals surface area (Å²) in [6.07, 6.45) is 1.87. The summed E-state index contributed by atoms with van der Waals surface area (Å²) in [5, 5.41) is 13.6. The Morgan fingerprint density at radius 1 is 1.19 bits per heavy atom. The Kier molecular flexibility index (Phi) is 4.76. The van der Waals surface area contributed by atoms with E-state index in [0.29, 0.717) is 5.95 Å². The van der Waals surface area contributed by atoms with Crippen molar-refractivity contribution in [1.29, 1.82) is 0 Å². The molecule has 0 bridgehead atoms. The van der Waals surface area contributed by atoms with Crippen molar-refractivity contribution in [1.82, 2.24) is 24.6 Å². The monoisotopic (exact) mass is 357 g/mol. The second-order valence-electron chi connectivity index (χ2n) is 6.84. The van der Waals surface area contributed by atoms with Gasteiger partial charge in [0.2, 0.25) is 5.91 Å². The van der Waals surface area contributed by atoms with Gasteiger partial charge >= 0.3 is 5.97 Å². The van der Waals surface area contributed by atoms with E-state index in [1.54, 1.807) is 4.68 Å². The summed E-state index contributed by atoms with van der Waals surface area (Å²) >= 11 is 0. The Balaban J connectivity index is 1.88. The van der Waals surface area contributed by atoms with Crippen LogP contribution >= 0.6 is 0 Å². The van der Waals surface area contributed by atoms with Crippen molar-refractivity contribution in [2.75, 3.05) is 6.54 Å². The Labute approximate surface area is 151 Å². The van der Waals surface area contributed by atoms with E-state index in [9.17, 15) is 9.59 Å². The van der Waals surface area contributed by atoms with Crippen LogP contribution in [0.3, 0.4) is 0 Å². The Bertz CT molecular complexity index is 850. The third-order valence-electron chi connectivity index (χ3n) is 4.54. The van der Waals surface area contributed by atoms with Crippen LogP contribution < -0.4 is 0 Å². The van der Waals surface area contributed by atoms with Crippen molar-refractivity contribution in [2.45, 2.75) is 53.0 Å². The summed E-state index contributed by atoms with van der Waals surface area (Å²) in [7, 11) is 0. The van der Waals surface area contributed by atoms with Gasteiger partial charge in [-0.3, -0.25) is 9.59 Å². The fourth-order valence-corrected chi connectivity index (χ4v) is 3.13. The van der Waals surface area contributed by atoms with Gasteiger partial charge in [0, 0.05) is 28.7 Å². The lowest BCUT2D eigenvalue weighted by Gasteiger charge is -2.20. The maximum Gasteiger partial charge on any atom is 0.323 e. The molecule has 2 heterocycles. The molecular formula is C18H23N5O3. The van der Waals surface area contributed by atoms with Gasteiger partial charge in [-0.15, -0.1) is 0 Å². The van der Waals surface area contributed by atoms with E-state index in [0.717, 1.165) is 41.2 Å². The highest BCUT2D eigenvalue weighted by molar-refractivity contribution is 5.84. The predicted octanol–water partition coefficient (Wildman–Crippen LogP) is 1.51. The van der Waals surface area contributed by atoms with Crippen molar-refractivity contribution in [3.8, 4) is 5.95 Å². The first-order chi connectivity index (χ1) is 12.3. The molecule has 26 heavy (non-hydrogen) atoms.